The van der Waals surface area contributed by atoms with Crippen LogP contribution in [-0.2, 0) is 6.42 Å². The molecule has 0 heterocycles. The Morgan fingerprint density at radius 3 is 2.35 bits per heavy atom. The average molecular weight is 224 g/mol. The van der Waals surface area contributed by atoms with E-state index in [9.17, 15) is 4.39 Å². The molecule has 3 rings (SSSR count). The summed E-state index contributed by atoms with van der Waals surface area (Å²) in [6, 6.07) is 15.2. The van der Waals surface area contributed by atoms with Crippen molar-refractivity contribution in [2.45, 2.75) is 12.8 Å². The molecule has 0 saturated carbocycles. The van der Waals surface area contributed by atoms with E-state index in [-0.39, 0.29) is 5.82 Å². The topological polar surface area (TPSA) is 0 Å². The van der Waals surface area contributed by atoms with Gasteiger partial charge in [0.1, 0.15) is 5.82 Å². The summed E-state index contributed by atoms with van der Waals surface area (Å²) in [6.07, 6.45) is 4.18. The summed E-state index contributed by atoms with van der Waals surface area (Å²) in [5, 5.41) is 0. The van der Waals surface area contributed by atoms with Crippen molar-refractivity contribution in [1.29, 1.82) is 0 Å². The Morgan fingerprint density at radius 2 is 1.53 bits per heavy atom. The smallest absolute Gasteiger partial charge is 0.131 e. The first-order valence-electron chi connectivity index (χ1n) is 5.89. The van der Waals surface area contributed by atoms with Crippen molar-refractivity contribution in [3.05, 3.63) is 77.1 Å². The van der Waals surface area contributed by atoms with E-state index in [1.165, 1.54) is 17.2 Å². The van der Waals surface area contributed by atoms with E-state index >= 15 is 0 Å². The second-order valence-electron chi connectivity index (χ2n) is 4.29. The van der Waals surface area contributed by atoms with E-state index in [4.69, 9.17) is 0 Å². The molecule has 17 heavy (non-hydrogen) atoms. The zero-order chi connectivity index (χ0) is 11.7. The fourth-order valence-electron chi connectivity index (χ4n) is 2.42. The fraction of sp³-hybridized carbons (Fsp3) is 0.125. The Kier molecular flexibility index (Phi) is 2.52. The minimum atomic E-state index is -0.143. The predicted octanol–water partition coefficient (Wildman–Crippen LogP) is 4.20. The second-order valence-corrected chi connectivity index (χ2v) is 4.29. The third-order valence-electron chi connectivity index (χ3n) is 3.23. The zero-order valence-electron chi connectivity index (χ0n) is 9.49. The molecule has 0 atom stereocenters. The summed E-state index contributed by atoms with van der Waals surface area (Å²) in [4.78, 5) is 0. The first kappa shape index (κ1) is 10.3. The van der Waals surface area contributed by atoms with Crippen LogP contribution in [0.15, 0.2) is 54.6 Å². The van der Waals surface area contributed by atoms with E-state index in [0.717, 1.165) is 18.4 Å². The largest absolute Gasteiger partial charge is 0.206 e. The molecule has 2 aromatic rings. The maximum absolute atomic E-state index is 13.8. The van der Waals surface area contributed by atoms with Crippen molar-refractivity contribution in [1.82, 2.24) is 0 Å². The summed E-state index contributed by atoms with van der Waals surface area (Å²) < 4.78 is 13.8. The molecule has 0 spiro atoms. The Bertz CT molecular complexity index is 582. The Morgan fingerprint density at radius 1 is 0.824 bits per heavy atom. The van der Waals surface area contributed by atoms with Crippen LogP contribution in [0.4, 0.5) is 4.39 Å². The monoisotopic (exact) mass is 224 g/mol. The fourth-order valence-corrected chi connectivity index (χ4v) is 2.42. The van der Waals surface area contributed by atoms with E-state index in [1.807, 2.05) is 24.3 Å². The maximum Gasteiger partial charge on any atom is 0.131 e. The van der Waals surface area contributed by atoms with Gasteiger partial charge in [0.25, 0.3) is 0 Å². The van der Waals surface area contributed by atoms with Gasteiger partial charge in [-0.3, -0.25) is 0 Å². The van der Waals surface area contributed by atoms with Gasteiger partial charge >= 0.3 is 0 Å². The second kappa shape index (κ2) is 4.17. The lowest BCUT2D eigenvalue weighted by atomic mass is 9.87. The van der Waals surface area contributed by atoms with Crippen LogP contribution in [0.3, 0.4) is 0 Å². The van der Waals surface area contributed by atoms with Crippen molar-refractivity contribution in [2.75, 3.05) is 0 Å². The molecule has 2 aromatic carbocycles. The molecule has 0 radical (unpaired) electrons. The molecule has 0 aromatic heterocycles. The van der Waals surface area contributed by atoms with Crippen LogP contribution in [-0.4, -0.2) is 0 Å². The van der Waals surface area contributed by atoms with Crippen LogP contribution >= 0.6 is 0 Å². The highest BCUT2D eigenvalue weighted by atomic mass is 19.1. The summed E-state index contributed by atoms with van der Waals surface area (Å²) in [6.45, 7) is 0. The molecule has 1 aliphatic rings. The Hall–Kier alpha value is -1.89. The first-order chi connectivity index (χ1) is 8.36. The minimum absolute atomic E-state index is 0.143. The summed E-state index contributed by atoms with van der Waals surface area (Å²) in [5.74, 6) is -0.143. The number of benzene rings is 2. The SMILES string of the molecule is Fc1ccccc1C1=CCCc2ccccc21. The van der Waals surface area contributed by atoms with Crippen LogP contribution in [0.5, 0.6) is 0 Å². The third kappa shape index (κ3) is 1.78. The first-order valence-corrected chi connectivity index (χ1v) is 5.89. The normalized spacial score (nSPS) is 14.1. The van der Waals surface area contributed by atoms with Gasteiger partial charge < -0.3 is 0 Å². The van der Waals surface area contributed by atoms with Gasteiger partial charge in [-0.1, -0.05) is 48.5 Å². The lowest BCUT2D eigenvalue weighted by Crippen LogP contribution is -2.01. The van der Waals surface area contributed by atoms with Gasteiger partial charge in [-0.05, 0) is 35.6 Å². The van der Waals surface area contributed by atoms with Gasteiger partial charge in [0, 0.05) is 5.56 Å². The Balaban J connectivity index is 2.17. The molecule has 0 N–H and O–H groups in total. The molecule has 1 aliphatic carbocycles. The number of fused-ring (bicyclic) bond motifs is 1. The van der Waals surface area contributed by atoms with Crippen molar-refractivity contribution in [3.63, 3.8) is 0 Å². The molecular weight excluding hydrogens is 211 g/mol. The van der Waals surface area contributed by atoms with Gasteiger partial charge in [-0.2, -0.15) is 0 Å². The van der Waals surface area contributed by atoms with Gasteiger partial charge in [0.2, 0.25) is 0 Å². The lowest BCUT2D eigenvalue weighted by Gasteiger charge is -2.18. The van der Waals surface area contributed by atoms with Crippen LogP contribution < -0.4 is 0 Å². The van der Waals surface area contributed by atoms with Crippen LogP contribution in [0.25, 0.3) is 5.57 Å². The van der Waals surface area contributed by atoms with E-state index < -0.39 is 0 Å². The third-order valence-corrected chi connectivity index (χ3v) is 3.23. The van der Waals surface area contributed by atoms with Gasteiger partial charge in [0.15, 0.2) is 0 Å². The molecule has 0 saturated heterocycles. The summed E-state index contributed by atoms with van der Waals surface area (Å²) >= 11 is 0. The zero-order valence-corrected chi connectivity index (χ0v) is 9.49. The summed E-state index contributed by atoms with van der Waals surface area (Å²) in [7, 11) is 0. The number of allylic oxidation sites excluding steroid dienone is 1. The number of hydrogen-bond donors (Lipinski definition) is 0. The molecule has 0 nitrogen and oxygen atoms in total. The molecular formula is C16H13F. The van der Waals surface area contributed by atoms with E-state index in [1.54, 1.807) is 6.07 Å². The van der Waals surface area contributed by atoms with Crippen LogP contribution in [0, 0.1) is 5.82 Å². The van der Waals surface area contributed by atoms with E-state index in [2.05, 4.69) is 18.2 Å². The minimum Gasteiger partial charge on any atom is -0.206 e. The van der Waals surface area contributed by atoms with Crippen molar-refractivity contribution in [2.24, 2.45) is 0 Å². The lowest BCUT2D eigenvalue weighted by molar-refractivity contribution is 0.624. The molecule has 0 unspecified atom stereocenters. The highest BCUT2D eigenvalue weighted by molar-refractivity contribution is 5.82. The molecule has 0 bridgehead atoms. The standard InChI is InChI=1S/C16H13F/c17-16-11-4-3-9-15(16)14-10-5-7-12-6-1-2-8-13(12)14/h1-4,6,8-11H,5,7H2. The number of rotatable bonds is 1. The number of hydrogen-bond acceptors (Lipinski definition) is 0. The molecule has 84 valence electrons. The van der Waals surface area contributed by atoms with Gasteiger partial charge in [-0.25, -0.2) is 4.39 Å². The molecule has 0 fully saturated rings. The van der Waals surface area contributed by atoms with Gasteiger partial charge in [-0.15, -0.1) is 0 Å². The number of halogens is 1. The molecule has 1 heteroatoms. The summed E-state index contributed by atoms with van der Waals surface area (Å²) in [5.41, 5.74) is 4.22. The molecule has 0 amide bonds. The van der Waals surface area contributed by atoms with Crippen LogP contribution in [0.2, 0.25) is 0 Å². The van der Waals surface area contributed by atoms with Crippen molar-refractivity contribution < 1.29 is 4.39 Å². The van der Waals surface area contributed by atoms with Gasteiger partial charge in [0.05, 0.1) is 0 Å². The maximum atomic E-state index is 13.8. The highest BCUT2D eigenvalue weighted by Gasteiger charge is 2.15. The molecule has 0 aliphatic heterocycles. The van der Waals surface area contributed by atoms with E-state index in [0.29, 0.717) is 5.56 Å². The highest BCUT2D eigenvalue weighted by Crippen LogP contribution is 2.32. The number of aryl methyl sites for hydroxylation is 1. The average Bonchev–Trinajstić information content (AvgIpc) is 2.39. The Labute approximate surface area is 100 Å². The van der Waals surface area contributed by atoms with Crippen molar-refractivity contribution >= 4 is 5.57 Å². The quantitative estimate of drug-likeness (QED) is 0.681. The van der Waals surface area contributed by atoms with Crippen LogP contribution in [0.1, 0.15) is 23.1 Å². The van der Waals surface area contributed by atoms with Crippen molar-refractivity contribution in [3.8, 4) is 0 Å². The predicted molar refractivity (Wildman–Crippen MR) is 68.2 cm³/mol.